The number of aromatic nitrogens is 1. The topological polar surface area (TPSA) is 150 Å². The number of hydrogen-bond donors (Lipinski definition) is 5. The molecule has 5 N–H and O–H groups in total. The van der Waals surface area contributed by atoms with Crippen LogP contribution in [0.4, 0.5) is 0 Å². The summed E-state index contributed by atoms with van der Waals surface area (Å²) in [5.74, 6) is -0.626. The molecule has 1 amide bonds. The van der Waals surface area contributed by atoms with E-state index in [1.165, 1.54) is 12.1 Å². The van der Waals surface area contributed by atoms with Gasteiger partial charge in [-0.05, 0) is 22.8 Å². The van der Waals surface area contributed by atoms with Crippen molar-refractivity contribution in [3.8, 4) is 11.1 Å². The van der Waals surface area contributed by atoms with Gasteiger partial charge in [-0.3, -0.25) is 9.59 Å². The van der Waals surface area contributed by atoms with Crippen molar-refractivity contribution < 1.29 is 34.8 Å². The minimum Gasteiger partial charge on any atom is -0.394 e. The number of ether oxygens (including phenoxy) is 1. The molecule has 1 fully saturated rings. The van der Waals surface area contributed by atoms with Crippen LogP contribution >= 0.6 is 0 Å². The van der Waals surface area contributed by atoms with Crippen molar-refractivity contribution in [2.45, 2.75) is 37.3 Å². The van der Waals surface area contributed by atoms with E-state index < -0.39 is 48.8 Å². The molecule has 0 unspecified atom stereocenters. The van der Waals surface area contributed by atoms with E-state index >= 15 is 0 Å². The molecule has 4 rings (SSSR count). The second kappa shape index (κ2) is 10.8. The first kappa shape index (κ1) is 24.6. The molecule has 5 atom stereocenters. The maximum Gasteiger partial charge on any atom is 0.283 e. The van der Waals surface area contributed by atoms with Gasteiger partial charge in [-0.2, -0.15) is 0 Å². The fourth-order valence-electron chi connectivity index (χ4n) is 3.73. The molecule has 1 saturated heterocycles. The highest BCUT2D eigenvalue weighted by molar-refractivity contribution is 5.92. The first-order valence-electron chi connectivity index (χ1n) is 11.0. The maximum absolute atomic E-state index is 12.9. The Balaban J connectivity index is 1.46. The Morgan fingerprint density at radius 2 is 1.57 bits per heavy atom. The van der Waals surface area contributed by atoms with Crippen LogP contribution in [-0.4, -0.2) is 68.4 Å². The van der Waals surface area contributed by atoms with Crippen molar-refractivity contribution in [3.05, 3.63) is 94.4 Å². The molecule has 35 heavy (non-hydrogen) atoms. The molecule has 1 aliphatic heterocycles. The Labute approximate surface area is 200 Å². The lowest BCUT2D eigenvalue weighted by Crippen LogP contribution is -2.61. The van der Waals surface area contributed by atoms with E-state index in [0.29, 0.717) is 4.73 Å². The molecule has 3 aromatic rings. The first-order chi connectivity index (χ1) is 16.9. The standard InChI is InChI=1S/C25H26N2O8/c28-14-19-21(30)22(31)23(32)25(34-19)35-27-18(7-4-8-20(27)29)24(33)26-13-15-9-11-17(12-10-15)16-5-2-1-3-6-16/h1-12,19,21-23,25,28,30-32H,13-14H2,(H,26,33)/t19-,21-,22+,23-,25-/m1/s1. The molecule has 1 aromatic heterocycles. The van der Waals surface area contributed by atoms with Gasteiger partial charge in [0.05, 0.1) is 6.61 Å². The Hall–Kier alpha value is -3.54. The lowest BCUT2D eigenvalue weighted by atomic mass is 9.99. The maximum atomic E-state index is 12.9. The van der Waals surface area contributed by atoms with Gasteiger partial charge in [-0.25, -0.2) is 0 Å². The highest BCUT2D eigenvalue weighted by Gasteiger charge is 2.45. The van der Waals surface area contributed by atoms with Crippen LogP contribution in [0, 0.1) is 0 Å². The molecular weight excluding hydrogens is 456 g/mol. The van der Waals surface area contributed by atoms with Crippen molar-refractivity contribution in [1.82, 2.24) is 10.0 Å². The van der Waals surface area contributed by atoms with E-state index in [0.717, 1.165) is 22.8 Å². The number of hydrogen-bond acceptors (Lipinski definition) is 8. The quantitative estimate of drug-likeness (QED) is 0.307. The minimum absolute atomic E-state index is 0.171. The van der Waals surface area contributed by atoms with Gasteiger partial charge < -0.3 is 35.3 Å². The number of nitrogens with one attached hydrogen (secondary N) is 1. The number of carbonyl (C=O) groups is 1. The predicted molar refractivity (Wildman–Crippen MR) is 124 cm³/mol. The van der Waals surface area contributed by atoms with Crippen LogP contribution in [0.2, 0.25) is 0 Å². The summed E-state index contributed by atoms with van der Waals surface area (Å²) < 4.78 is 5.92. The van der Waals surface area contributed by atoms with Crippen LogP contribution in [0.25, 0.3) is 11.1 Å². The number of pyridine rings is 1. The second-order valence-electron chi connectivity index (χ2n) is 8.09. The summed E-state index contributed by atoms with van der Waals surface area (Å²) in [7, 11) is 0. The summed E-state index contributed by atoms with van der Waals surface area (Å²) in [6.07, 6.45) is -7.87. The average molecular weight is 482 g/mol. The summed E-state index contributed by atoms with van der Waals surface area (Å²) in [4.78, 5) is 30.7. The Bertz CT molecular complexity index is 1200. The van der Waals surface area contributed by atoms with Crippen molar-refractivity contribution in [1.29, 1.82) is 0 Å². The summed E-state index contributed by atoms with van der Waals surface area (Å²) >= 11 is 0. The predicted octanol–water partition coefficient (Wildman–Crippen LogP) is -0.326. The van der Waals surface area contributed by atoms with Crippen LogP contribution in [0.1, 0.15) is 16.1 Å². The third kappa shape index (κ3) is 5.42. The molecular formula is C25H26N2O8. The number of carbonyl (C=O) groups excluding carboxylic acids is 1. The summed E-state index contributed by atoms with van der Waals surface area (Å²) in [6.45, 7) is -0.484. The van der Waals surface area contributed by atoms with Crippen LogP contribution in [0.15, 0.2) is 77.6 Å². The molecule has 2 aromatic carbocycles. The van der Waals surface area contributed by atoms with Gasteiger partial charge >= 0.3 is 0 Å². The van der Waals surface area contributed by atoms with E-state index in [-0.39, 0.29) is 12.2 Å². The zero-order valence-electron chi connectivity index (χ0n) is 18.6. The van der Waals surface area contributed by atoms with Crippen LogP contribution in [0.3, 0.4) is 0 Å². The number of rotatable bonds is 7. The Morgan fingerprint density at radius 1 is 0.886 bits per heavy atom. The zero-order chi connectivity index (χ0) is 24.9. The summed E-state index contributed by atoms with van der Waals surface area (Å²) in [6, 6.07) is 21.4. The highest BCUT2D eigenvalue weighted by Crippen LogP contribution is 2.21. The molecule has 10 heteroatoms. The second-order valence-corrected chi connectivity index (χ2v) is 8.09. The van der Waals surface area contributed by atoms with Crippen LogP contribution < -0.4 is 15.7 Å². The SMILES string of the molecule is O=C(NCc1ccc(-c2ccccc2)cc1)c1cccc(=O)n1O[C@H]1O[C@H](CO)[C@@H](O)[C@H](O)[C@H]1O. The largest absolute Gasteiger partial charge is 0.394 e. The fraction of sp³-hybridized carbons (Fsp3) is 0.280. The van der Waals surface area contributed by atoms with E-state index in [4.69, 9.17) is 9.57 Å². The molecule has 1 aliphatic rings. The van der Waals surface area contributed by atoms with Crippen molar-refractivity contribution in [2.24, 2.45) is 0 Å². The Morgan fingerprint density at radius 3 is 2.26 bits per heavy atom. The molecule has 0 saturated carbocycles. The average Bonchev–Trinajstić information content (AvgIpc) is 2.89. The number of aliphatic hydroxyl groups excluding tert-OH is 4. The Kier molecular flexibility index (Phi) is 7.59. The molecule has 0 spiro atoms. The molecule has 0 aliphatic carbocycles. The van der Waals surface area contributed by atoms with Crippen molar-refractivity contribution in [2.75, 3.05) is 6.61 Å². The van der Waals surface area contributed by atoms with Gasteiger partial charge in [0, 0.05) is 12.6 Å². The van der Waals surface area contributed by atoms with Crippen molar-refractivity contribution in [3.63, 3.8) is 0 Å². The van der Waals surface area contributed by atoms with Crippen molar-refractivity contribution >= 4 is 5.91 Å². The van der Waals surface area contributed by atoms with Gasteiger partial charge in [-0.1, -0.05) is 60.7 Å². The van der Waals surface area contributed by atoms with E-state index in [9.17, 15) is 30.0 Å². The van der Waals surface area contributed by atoms with Gasteiger partial charge in [0.25, 0.3) is 17.8 Å². The lowest BCUT2D eigenvalue weighted by molar-refractivity contribution is -0.301. The molecule has 2 heterocycles. The smallest absolute Gasteiger partial charge is 0.283 e. The fourth-order valence-corrected chi connectivity index (χ4v) is 3.73. The van der Waals surface area contributed by atoms with Gasteiger partial charge in [0.2, 0.25) is 0 Å². The minimum atomic E-state index is -1.74. The van der Waals surface area contributed by atoms with E-state index in [1.54, 1.807) is 0 Å². The molecule has 0 bridgehead atoms. The van der Waals surface area contributed by atoms with Gasteiger partial charge in [0.1, 0.15) is 30.1 Å². The van der Waals surface area contributed by atoms with E-state index in [1.807, 2.05) is 54.6 Å². The van der Waals surface area contributed by atoms with Crippen LogP contribution in [-0.2, 0) is 11.3 Å². The van der Waals surface area contributed by atoms with Crippen LogP contribution in [0.5, 0.6) is 0 Å². The monoisotopic (exact) mass is 482 g/mol. The normalized spacial score (nSPS) is 24.1. The van der Waals surface area contributed by atoms with Gasteiger partial charge in [0.15, 0.2) is 0 Å². The third-order valence-electron chi connectivity index (χ3n) is 5.72. The molecule has 184 valence electrons. The zero-order valence-corrected chi connectivity index (χ0v) is 18.6. The summed E-state index contributed by atoms with van der Waals surface area (Å²) in [5.41, 5.74) is 2.04. The first-order valence-corrected chi connectivity index (χ1v) is 11.0. The molecule has 0 radical (unpaired) electrons. The van der Waals surface area contributed by atoms with Gasteiger partial charge in [-0.15, -0.1) is 4.73 Å². The molecule has 10 nitrogen and oxygen atoms in total. The lowest BCUT2D eigenvalue weighted by Gasteiger charge is -2.39. The highest BCUT2D eigenvalue weighted by atomic mass is 16.8. The summed E-state index contributed by atoms with van der Waals surface area (Å²) in [5, 5.41) is 42.1. The number of nitrogens with zero attached hydrogens (tertiary/aromatic N) is 1. The number of amides is 1. The third-order valence-corrected chi connectivity index (χ3v) is 5.72. The number of aliphatic hydroxyl groups is 4. The number of benzene rings is 2. The van der Waals surface area contributed by atoms with E-state index in [2.05, 4.69) is 5.32 Å².